The molecule has 5 heteroatoms. The van der Waals surface area contributed by atoms with Crippen LogP contribution in [0.5, 0.6) is 0 Å². The molecule has 0 radical (unpaired) electrons. The monoisotopic (exact) mass is 429 g/mol. The second-order valence-electron chi connectivity index (χ2n) is 8.76. The maximum atomic E-state index is 8.38. The molecule has 0 aromatic heterocycles. The number of amidine groups is 2. The zero-order valence-electron chi connectivity index (χ0n) is 20.1. The van der Waals surface area contributed by atoms with Gasteiger partial charge in [-0.1, -0.05) is 51.7 Å². The number of methoxy groups -OCH3 is 2. The Morgan fingerprint density at radius 3 is 1.71 bits per heavy atom. The predicted octanol–water partition coefficient (Wildman–Crippen LogP) is 5.79. The molecule has 0 saturated carbocycles. The SMILES string of the molecule is CCCCC(CCCc1ccc(CCCC(CCCC)OC)c2c1C(=N)N=C2N)OC. The molecule has 0 bridgehead atoms. The number of nitrogens with two attached hydrogens (primary N) is 1. The first-order chi connectivity index (χ1) is 15.0. The molecule has 1 heterocycles. The van der Waals surface area contributed by atoms with E-state index < -0.39 is 0 Å². The quantitative estimate of drug-likeness (QED) is 0.349. The van der Waals surface area contributed by atoms with Crippen LogP contribution in [0.3, 0.4) is 0 Å². The molecule has 1 aromatic carbocycles. The normalized spacial score (nSPS) is 15.1. The van der Waals surface area contributed by atoms with Crippen molar-refractivity contribution in [3.05, 3.63) is 34.4 Å². The fraction of sp³-hybridized carbons (Fsp3) is 0.692. The lowest BCUT2D eigenvalue weighted by molar-refractivity contribution is 0.0842. The third-order valence-corrected chi connectivity index (χ3v) is 6.47. The number of hydrogen-bond donors (Lipinski definition) is 2. The molecule has 5 nitrogen and oxygen atoms in total. The summed E-state index contributed by atoms with van der Waals surface area (Å²) in [6.07, 6.45) is 13.8. The van der Waals surface area contributed by atoms with Gasteiger partial charge in [0.2, 0.25) is 0 Å². The van der Waals surface area contributed by atoms with Crippen molar-refractivity contribution in [3.63, 3.8) is 0 Å². The van der Waals surface area contributed by atoms with Crippen LogP contribution >= 0.6 is 0 Å². The van der Waals surface area contributed by atoms with Crippen molar-refractivity contribution < 1.29 is 9.47 Å². The number of fused-ring (bicyclic) bond motifs is 1. The van der Waals surface area contributed by atoms with E-state index in [-0.39, 0.29) is 0 Å². The number of aryl methyl sites for hydroxylation is 2. The molecule has 1 aliphatic rings. The third kappa shape index (κ3) is 7.43. The molecule has 0 saturated heterocycles. The minimum absolute atomic E-state index is 0.316. The van der Waals surface area contributed by atoms with Crippen molar-refractivity contribution in [1.29, 1.82) is 5.41 Å². The van der Waals surface area contributed by atoms with Gasteiger partial charge in [-0.15, -0.1) is 0 Å². The summed E-state index contributed by atoms with van der Waals surface area (Å²) in [4.78, 5) is 4.31. The third-order valence-electron chi connectivity index (χ3n) is 6.47. The molecule has 0 spiro atoms. The highest BCUT2D eigenvalue weighted by Crippen LogP contribution is 2.28. The molecule has 2 rings (SSSR count). The number of aliphatic imine (C=N–C) groups is 1. The molecule has 3 N–H and O–H groups in total. The summed E-state index contributed by atoms with van der Waals surface area (Å²) in [5, 5.41) is 8.38. The van der Waals surface area contributed by atoms with Crippen LogP contribution in [0.4, 0.5) is 0 Å². The Labute approximate surface area is 189 Å². The van der Waals surface area contributed by atoms with Crippen LogP contribution in [0.1, 0.15) is 100 Å². The Balaban J connectivity index is 2.02. The summed E-state index contributed by atoms with van der Waals surface area (Å²) in [7, 11) is 3.63. The molecule has 1 aliphatic heterocycles. The highest BCUT2D eigenvalue weighted by molar-refractivity contribution is 6.22. The molecule has 0 fully saturated rings. The average Bonchev–Trinajstić information content (AvgIpc) is 3.08. The molecule has 2 atom stereocenters. The number of hydrogen-bond acceptors (Lipinski definition) is 4. The number of nitrogens with zero attached hydrogens (tertiary/aromatic N) is 1. The maximum Gasteiger partial charge on any atom is 0.155 e. The second kappa shape index (κ2) is 13.6. The van der Waals surface area contributed by atoms with Gasteiger partial charge >= 0.3 is 0 Å². The first-order valence-electron chi connectivity index (χ1n) is 12.2. The van der Waals surface area contributed by atoms with E-state index in [9.17, 15) is 0 Å². The first kappa shape index (κ1) is 25.5. The number of rotatable bonds is 16. The molecule has 1 aromatic rings. The van der Waals surface area contributed by atoms with E-state index in [1.165, 1.54) is 36.8 Å². The minimum Gasteiger partial charge on any atom is -0.383 e. The summed E-state index contributed by atoms with van der Waals surface area (Å²) < 4.78 is 11.3. The van der Waals surface area contributed by atoms with Crippen molar-refractivity contribution in [2.45, 2.75) is 103 Å². The first-order valence-corrected chi connectivity index (χ1v) is 12.2. The summed E-state index contributed by atoms with van der Waals surface area (Å²) >= 11 is 0. The van der Waals surface area contributed by atoms with E-state index in [2.05, 4.69) is 31.0 Å². The molecule has 174 valence electrons. The number of nitrogens with one attached hydrogen (secondary N) is 1. The van der Waals surface area contributed by atoms with Crippen LogP contribution < -0.4 is 5.73 Å². The van der Waals surface area contributed by atoms with Gasteiger partial charge in [-0.25, -0.2) is 4.99 Å². The summed E-state index contributed by atoms with van der Waals surface area (Å²) in [5.74, 6) is 0.820. The molecular formula is C26H43N3O2. The Morgan fingerprint density at radius 2 is 1.26 bits per heavy atom. The fourth-order valence-corrected chi connectivity index (χ4v) is 4.56. The van der Waals surface area contributed by atoms with Crippen LogP contribution in [0.2, 0.25) is 0 Å². The van der Waals surface area contributed by atoms with Gasteiger partial charge in [0.1, 0.15) is 5.84 Å². The number of ether oxygens (including phenoxy) is 2. The predicted molar refractivity (Wildman–Crippen MR) is 131 cm³/mol. The van der Waals surface area contributed by atoms with Crippen molar-refractivity contribution in [1.82, 2.24) is 0 Å². The zero-order chi connectivity index (χ0) is 22.6. The van der Waals surface area contributed by atoms with E-state index in [0.717, 1.165) is 62.5 Å². The van der Waals surface area contributed by atoms with Crippen molar-refractivity contribution in [2.75, 3.05) is 14.2 Å². The fourth-order valence-electron chi connectivity index (χ4n) is 4.56. The molecule has 0 amide bonds. The Kier molecular flexibility index (Phi) is 11.2. The minimum atomic E-state index is 0.316. The molecule has 2 unspecified atom stereocenters. The Bertz CT molecular complexity index is 730. The van der Waals surface area contributed by atoms with Crippen LogP contribution in [0.15, 0.2) is 17.1 Å². The van der Waals surface area contributed by atoms with Crippen molar-refractivity contribution in [3.8, 4) is 0 Å². The van der Waals surface area contributed by atoms with Gasteiger partial charge in [-0.05, 0) is 62.5 Å². The number of benzene rings is 1. The van der Waals surface area contributed by atoms with Gasteiger partial charge in [-0.2, -0.15) is 0 Å². The van der Waals surface area contributed by atoms with Crippen molar-refractivity contribution >= 4 is 11.7 Å². The largest absolute Gasteiger partial charge is 0.383 e. The van der Waals surface area contributed by atoms with Crippen LogP contribution in [0.25, 0.3) is 0 Å². The maximum absolute atomic E-state index is 8.38. The molecule has 31 heavy (non-hydrogen) atoms. The van der Waals surface area contributed by atoms with Gasteiger partial charge in [0, 0.05) is 25.3 Å². The van der Waals surface area contributed by atoms with Gasteiger partial charge in [0.05, 0.1) is 12.2 Å². The highest BCUT2D eigenvalue weighted by atomic mass is 16.5. The average molecular weight is 430 g/mol. The van der Waals surface area contributed by atoms with E-state index in [1.807, 2.05) is 14.2 Å². The summed E-state index contributed by atoms with van der Waals surface area (Å²) in [6, 6.07) is 4.39. The van der Waals surface area contributed by atoms with E-state index in [0.29, 0.717) is 23.9 Å². The number of unbranched alkanes of at least 4 members (excludes halogenated alkanes) is 2. The Hall–Kier alpha value is -1.72. The Morgan fingerprint density at radius 1 is 0.806 bits per heavy atom. The van der Waals surface area contributed by atoms with Gasteiger partial charge < -0.3 is 15.2 Å². The van der Waals surface area contributed by atoms with E-state index >= 15 is 0 Å². The second-order valence-corrected chi connectivity index (χ2v) is 8.76. The molecular weight excluding hydrogens is 386 g/mol. The van der Waals surface area contributed by atoms with Crippen LogP contribution in [0, 0.1) is 5.41 Å². The molecule has 0 aliphatic carbocycles. The van der Waals surface area contributed by atoms with Crippen LogP contribution in [-0.2, 0) is 22.3 Å². The lowest BCUT2D eigenvalue weighted by Crippen LogP contribution is -2.16. The van der Waals surface area contributed by atoms with E-state index in [4.69, 9.17) is 20.6 Å². The van der Waals surface area contributed by atoms with Gasteiger partial charge in [0.15, 0.2) is 5.84 Å². The standard InChI is InChI=1S/C26H43N3O2/c1-5-7-13-21(30-3)15-9-11-19-17-18-20(24-23(19)25(27)29-26(24)28)12-10-16-22(31-4)14-8-6-2/h17-18,21-22H,5-16H2,1-4H3,(H3,27,28,29). The topological polar surface area (TPSA) is 80.7 Å². The summed E-state index contributed by atoms with van der Waals surface area (Å²) in [5.41, 5.74) is 10.6. The highest BCUT2D eigenvalue weighted by Gasteiger charge is 2.25. The van der Waals surface area contributed by atoms with Gasteiger partial charge in [0.25, 0.3) is 0 Å². The van der Waals surface area contributed by atoms with E-state index in [1.54, 1.807) is 0 Å². The van der Waals surface area contributed by atoms with Gasteiger partial charge in [-0.3, -0.25) is 5.41 Å². The lowest BCUT2D eigenvalue weighted by Gasteiger charge is -2.17. The summed E-state index contributed by atoms with van der Waals surface area (Å²) in [6.45, 7) is 4.43. The van der Waals surface area contributed by atoms with Crippen molar-refractivity contribution in [2.24, 2.45) is 10.7 Å². The lowest BCUT2D eigenvalue weighted by atomic mass is 9.90. The zero-order valence-corrected chi connectivity index (χ0v) is 20.1. The smallest absolute Gasteiger partial charge is 0.155 e. The van der Waals surface area contributed by atoms with Crippen LogP contribution in [-0.4, -0.2) is 38.1 Å².